The summed E-state index contributed by atoms with van der Waals surface area (Å²) < 4.78 is 10.0. The summed E-state index contributed by atoms with van der Waals surface area (Å²) >= 11 is 1.06. The number of thiazole rings is 1. The third kappa shape index (κ3) is 7.18. The molecule has 9 nitrogen and oxygen atoms in total. The molecule has 0 saturated heterocycles. The second-order valence-corrected chi connectivity index (χ2v) is 7.25. The van der Waals surface area contributed by atoms with Gasteiger partial charge in [0.2, 0.25) is 5.71 Å². The van der Waals surface area contributed by atoms with Crippen LogP contribution in [0, 0.1) is 5.92 Å². The van der Waals surface area contributed by atoms with E-state index in [1.807, 2.05) is 0 Å². The molecule has 0 aliphatic rings. The highest BCUT2D eigenvalue weighted by Crippen LogP contribution is 2.18. The Morgan fingerprint density at radius 3 is 2.50 bits per heavy atom. The van der Waals surface area contributed by atoms with Crippen LogP contribution in [0.3, 0.4) is 0 Å². The van der Waals surface area contributed by atoms with Gasteiger partial charge in [-0.3, -0.25) is 5.32 Å². The highest BCUT2D eigenvalue weighted by molar-refractivity contribution is 7.14. The predicted octanol–water partition coefficient (Wildman–Crippen LogP) is 2.96. The second kappa shape index (κ2) is 9.27. The average Bonchev–Trinajstić information content (AvgIpc) is 2.93. The van der Waals surface area contributed by atoms with Crippen LogP contribution in [0.4, 0.5) is 9.93 Å². The zero-order chi connectivity index (χ0) is 19.9. The van der Waals surface area contributed by atoms with Gasteiger partial charge in [-0.25, -0.2) is 19.4 Å². The first-order valence-corrected chi connectivity index (χ1v) is 8.83. The molecular weight excluding hydrogens is 362 g/mol. The van der Waals surface area contributed by atoms with Crippen LogP contribution in [0.25, 0.3) is 0 Å². The van der Waals surface area contributed by atoms with Gasteiger partial charge >= 0.3 is 18.0 Å². The van der Waals surface area contributed by atoms with Crippen LogP contribution in [-0.2, 0) is 23.9 Å². The molecule has 0 fully saturated rings. The number of hydrogen-bond acceptors (Lipinski definition) is 9. The molecule has 1 aromatic heterocycles. The third-order valence-electron chi connectivity index (χ3n) is 2.52. The van der Waals surface area contributed by atoms with E-state index in [1.165, 1.54) is 5.38 Å². The van der Waals surface area contributed by atoms with Gasteiger partial charge in [-0.15, -0.1) is 11.3 Å². The van der Waals surface area contributed by atoms with E-state index in [0.29, 0.717) is 0 Å². The molecule has 0 unspecified atom stereocenters. The number of amides is 1. The fourth-order valence-electron chi connectivity index (χ4n) is 1.41. The van der Waals surface area contributed by atoms with Crippen LogP contribution in [-0.4, -0.2) is 40.9 Å². The van der Waals surface area contributed by atoms with Crippen molar-refractivity contribution >= 4 is 40.2 Å². The molecule has 1 rings (SSSR count). The number of rotatable bonds is 6. The third-order valence-corrected chi connectivity index (χ3v) is 3.28. The Labute approximate surface area is 155 Å². The van der Waals surface area contributed by atoms with Crippen molar-refractivity contribution in [1.29, 1.82) is 0 Å². The van der Waals surface area contributed by atoms with Crippen LogP contribution in [0.1, 0.15) is 47.2 Å². The van der Waals surface area contributed by atoms with Crippen molar-refractivity contribution < 1.29 is 28.7 Å². The summed E-state index contributed by atoms with van der Waals surface area (Å²) in [5, 5.41) is 7.71. The van der Waals surface area contributed by atoms with Gasteiger partial charge in [0.05, 0.1) is 12.5 Å². The Bertz CT molecular complexity index is 690. The summed E-state index contributed by atoms with van der Waals surface area (Å²) in [5.41, 5.74) is -0.822. The molecular formula is C16H23N3O6S. The van der Waals surface area contributed by atoms with Gasteiger partial charge in [0.1, 0.15) is 11.3 Å². The lowest BCUT2D eigenvalue weighted by Crippen LogP contribution is -2.27. The normalized spacial score (nSPS) is 11.9. The van der Waals surface area contributed by atoms with E-state index in [0.717, 1.165) is 11.3 Å². The number of ether oxygens (including phenoxy) is 2. The van der Waals surface area contributed by atoms with Crippen molar-refractivity contribution in [2.75, 3.05) is 11.9 Å². The van der Waals surface area contributed by atoms with E-state index in [4.69, 9.17) is 14.3 Å². The Morgan fingerprint density at radius 1 is 1.31 bits per heavy atom. The number of carbonyl (C=O) groups is 3. The molecule has 10 heteroatoms. The molecule has 1 heterocycles. The Hall–Kier alpha value is -2.49. The highest BCUT2D eigenvalue weighted by Gasteiger charge is 2.23. The molecule has 0 aromatic carbocycles. The van der Waals surface area contributed by atoms with E-state index in [1.54, 1.807) is 41.5 Å². The summed E-state index contributed by atoms with van der Waals surface area (Å²) in [6.45, 7) is 10.2. The summed E-state index contributed by atoms with van der Waals surface area (Å²) in [7, 11) is 0. The van der Waals surface area contributed by atoms with Gasteiger partial charge < -0.3 is 14.3 Å². The molecule has 0 radical (unpaired) electrons. The Balaban J connectivity index is 2.96. The quantitative estimate of drug-likeness (QED) is 0.346. The van der Waals surface area contributed by atoms with E-state index in [2.05, 4.69) is 15.5 Å². The van der Waals surface area contributed by atoms with Crippen LogP contribution < -0.4 is 5.32 Å². The van der Waals surface area contributed by atoms with Gasteiger partial charge in [-0.1, -0.05) is 19.0 Å². The lowest BCUT2D eigenvalue weighted by atomic mass is 10.2. The summed E-state index contributed by atoms with van der Waals surface area (Å²) in [6, 6.07) is 0. The standard InChI is InChI=1S/C16H23N3O6S/c1-7-23-13(21)11(19-25-12(20)9(2)3)10-8-26-14(17-10)18-15(22)24-16(4,5)6/h8-9H,7H2,1-6H3,(H,17,18,22)/b19-11-. The number of carbonyl (C=O) groups excluding carboxylic acids is 3. The first-order chi connectivity index (χ1) is 12.0. The largest absolute Gasteiger partial charge is 0.461 e. The predicted molar refractivity (Wildman–Crippen MR) is 96.1 cm³/mol. The number of nitrogens with zero attached hydrogens (tertiary/aromatic N) is 2. The lowest BCUT2D eigenvalue weighted by molar-refractivity contribution is -0.147. The second-order valence-electron chi connectivity index (χ2n) is 6.39. The fourth-order valence-corrected chi connectivity index (χ4v) is 2.10. The van der Waals surface area contributed by atoms with E-state index in [9.17, 15) is 14.4 Å². The zero-order valence-electron chi connectivity index (χ0n) is 15.6. The first-order valence-electron chi connectivity index (χ1n) is 7.95. The van der Waals surface area contributed by atoms with Crippen LogP contribution >= 0.6 is 11.3 Å². The fraction of sp³-hybridized carbons (Fsp3) is 0.562. The molecule has 0 atom stereocenters. The number of esters is 1. The monoisotopic (exact) mass is 385 g/mol. The Kier molecular flexibility index (Phi) is 7.69. The SMILES string of the molecule is CCOC(=O)/C(=N\OC(=O)C(C)C)c1csc(NC(=O)OC(C)(C)C)n1. The van der Waals surface area contributed by atoms with Gasteiger partial charge in [0, 0.05) is 5.38 Å². The molecule has 1 amide bonds. The van der Waals surface area contributed by atoms with E-state index < -0.39 is 29.6 Å². The number of oxime groups is 1. The maximum atomic E-state index is 12.1. The van der Waals surface area contributed by atoms with Crippen molar-refractivity contribution in [1.82, 2.24) is 4.98 Å². The van der Waals surface area contributed by atoms with E-state index in [-0.39, 0.29) is 23.1 Å². The van der Waals surface area contributed by atoms with Crippen molar-refractivity contribution in [3.05, 3.63) is 11.1 Å². The van der Waals surface area contributed by atoms with E-state index >= 15 is 0 Å². The topological polar surface area (TPSA) is 116 Å². The number of anilines is 1. The minimum atomic E-state index is -0.793. The van der Waals surface area contributed by atoms with Gasteiger partial charge in [-0.05, 0) is 27.7 Å². The van der Waals surface area contributed by atoms with Crippen molar-refractivity contribution in [3.8, 4) is 0 Å². The van der Waals surface area contributed by atoms with Crippen molar-refractivity contribution in [3.63, 3.8) is 0 Å². The summed E-state index contributed by atoms with van der Waals surface area (Å²) in [6.07, 6.45) is -0.681. The van der Waals surface area contributed by atoms with Crippen molar-refractivity contribution in [2.45, 2.75) is 47.1 Å². The Morgan fingerprint density at radius 2 is 1.96 bits per heavy atom. The lowest BCUT2D eigenvalue weighted by Gasteiger charge is -2.18. The number of nitrogens with one attached hydrogen (secondary N) is 1. The molecule has 26 heavy (non-hydrogen) atoms. The minimum absolute atomic E-state index is 0.107. The van der Waals surface area contributed by atoms with Gasteiger partial charge in [-0.2, -0.15) is 0 Å². The summed E-state index contributed by atoms with van der Waals surface area (Å²) in [5.74, 6) is -1.81. The molecule has 0 aliphatic heterocycles. The smallest absolute Gasteiger partial charge is 0.413 e. The van der Waals surface area contributed by atoms with Crippen LogP contribution in [0.5, 0.6) is 0 Å². The van der Waals surface area contributed by atoms with Crippen LogP contribution in [0.15, 0.2) is 10.5 Å². The molecule has 144 valence electrons. The van der Waals surface area contributed by atoms with Gasteiger partial charge in [0.15, 0.2) is 5.13 Å². The zero-order valence-corrected chi connectivity index (χ0v) is 16.4. The highest BCUT2D eigenvalue weighted by atomic mass is 32.1. The molecule has 0 spiro atoms. The number of aromatic nitrogens is 1. The molecule has 0 bridgehead atoms. The average molecular weight is 385 g/mol. The first kappa shape index (κ1) is 21.6. The maximum Gasteiger partial charge on any atom is 0.413 e. The maximum absolute atomic E-state index is 12.1. The van der Waals surface area contributed by atoms with Crippen LogP contribution in [0.2, 0.25) is 0 Å². The summed E-state index contributed by atoms with van der Waals surface area (Å²) in [4.78, 5) is 44.2. The van der Waals surface area contributed by atoms with Crippen molar-refractivity contribution in [2.24, 2.45) is 11.1 Å². The minimum Gasteiger partial charge on any atom is -0.461 e. The molecule has 1 N–H and O–H groups in total. The molecule has 0 aliphatic carbocycles. The van der Waals surface area contributed by atoms with Gasteiger partial charge in [0.25, 0.3) is 0 Å². The molecule has 0 saturated carbocycles. The molecule has 1 aromatic rings. The number of hydrogen-bond donors (Lipinski definition) is 1.